The Morgan fingerprint density at radius 2 is 1.75 bits per heavy atom. The lowest BCUT2D eigenvalue weighted by molar-refractivity contribution is 0.300. The largest absolute Gasteiger partial charge is 0.330 e. The Bertz CT molecular complexity index is 345. The summed E-state index contributed by atoms with van der Waals surface area (Å²) < 4.78 is 27.3. The maximum absolute atomic E-state index is 13.7. The van der Waals surface area contributed by atoms with Gasteiger partial charge in [-0.25, -0.2) is 8.78 Å². The first-order chi connectivity index (χ1) is 7.74. The smallest absolute Gasteiger partial charge is 0.129 e. The molecular weight excluding hydrogens is 208 g/mol. The molecular formula is C13H17F2N. The summed E-state index contributed by atoms with van der Waals surface area (Å²) in [4.78, 5) is 0. The van der Waals surface area contributed by atoms with E-state index in [-0.39, 0.29) is 17.4 Å². The van der Waals surface area contributed by atoms with Crippen molar-refractivity contribution < 1.29 is 8.78 Å². The molecule has 0 saturated heterocycles. The van der Waals surface area contributed by atoms with Crippen molar-refractivity contribution in [1.29, 1.82) is 0 Å². The molecule has 0 aliphatic heterocycles. The maximum atomic E-state index is 13.7. The molecule has 2 unspecified atom stereocenters. The summed E-state index contributed by atoms with van der Waals surface area (Å²) in [5, 5.41) is 0. The van der Waals surface area contributed by atoms with Gasteiger partial charge in [-0.3, -0.25) is 0 Å². The van der Waals surface area contributed by atoms with Gasteiger partial charge in [0.15, 0.2) is 0 Å². The number of halogens is 2. The monoisotopic (exact) mass is 225 g/mol. The van der Waals surface area contributed by atoms with Crippen LogP contribution in [0.25, 0.3) is 0 Å². The predicted molar refractivity (Wildman–Crippen MR) is 60.1 cm³/mol. The number of rotatable bonds is 2. The molecule has 0 amide bonds. The minimum Gasteiger partial charge on any atom is -0.330 e. The second-order valence-electron chi connectivity index (χ2n) is 4.52. The summed E-state index contributed by atoms with van der Waals surface area (Å²) in [6.07, 6.45) is 3.98. The van der Waals surface area contributed by atoms with Crippen LogP contribution < -0.4 is 5.73 Å². The van der Waals surface area contributed by atoms with Gasteiger partial charge in [-0.1, -0.05) is 18.9 Å². The zero-order valence-electron chi connectivity index (χ0n) is 9.26. The minimum atomic E-state index is -0.426. The van der Waals surface area contributed by atoms with Gasteiger partial charge in [-0.15, -0.1) is 0 Å². The highest BCUT2D eigenvalue weighted by molar-refractivity contribution is 5.25. The van der Waals surface area contributed by atoms with Gasteiger partial charge in [0.05, 0.1) is 0 Å². The van der Waals surface area contributed by atoms with E-state index in [2.05, 4.69) is 0 Å². The number of hydrogen-bond acceptors (Lipinski definition) is 1. The van der Waals surface area contributed by atoms with Crippen LogP contribution in [0, 0.1) is 17.6 Å². The van der Waals surface area contributed by atoms with E-state index in [1.807, 2.05) is 0 Å². The van der Waals surface area contributed by atoms with E-state index in [0.29, 0.717) is 6.54 Å². The lowest BCUT2D eigenvalue weighted by Crippen LogP contribution is -2.26. The third-order valence-electron chi connectivity index (χ3n) is 3.58. The van der Waals surface area contributed by atoms with Crippen molar-refractivity contribution in [2.75, 3.05) is 6.54 Å². The molecule has 1 aromatic rings. The molecule has 0 heterocycles. The molecule has 16 heavy (non-hydrogen) atoms. The van der Waals surface area contributed by atoms with Gasteiger partial charge in [0.2, 0.25) is 0 Å². The van der Waals surface area contributed by atoms with Crippen molar-refractivity contribution >= 4 is 0 Å². The predicted octanol–water partition coefficient (Wildman–Crippen LogP) is 3.20. The Labute approximate surface area is 94.7 Å². The highest BCUT2D eigenvalue weighted by atomic mass is 19.1. The summed E-state index contributed by atoms with van der Waals surface area (Å²) in [5.41, 5.74) is 5.93. The van der Waals surface area contributed by atoms with Crippen molar-refractivity contribution in [3.8, 4) is 0 Å². The summed E-state index contributed by atoms with van der Waals surface area (Å²) in [5.74, 6) is -0.671. The summed E-state index contributed by atoms with van der Waals surface area (Å²) >= 11 is 0. The topological polar surface area (TPSA) is 26.0 Å². The Kier molecular flexibility index (Phi) is 3.54. The maximum Gasteiger partial charge on any atom is 0.129 e. The molecule has 1 saturated carbocycles. The van der Waals surface area contributed by atoms with Crippen molar-refractivity contribution in [1.82, 2.24) is 0 Å². The molecule has 0 spiro atoms. The fourth-order valence-corrected chi connectivity index (χ4v) is 2.73. The van der Waals surface area contributed by atoms with Crippen LogP contribution in [0.1, 0.15) is 37.2 Å². The molecule has 2 rings (SSSR count). The molecule has 0 radical (unpaired) electrons. The molecule has 3 heteroatoms. The van der Waals surface area contributed by atoms with Crippen LogP contribution >= 0.6 is 0 Å². The van der Waals surface area contributed by atoms with Gasteiger partial charge in [0, 0.05) is 5.56 Å². The second kappa shape index (κ2) is 4.91. The number of benzene rings is 1. The summed E-state index contributed by atoms with van der Waals surface area (Å²) in [7, 11) is 0. The lowest BCUT2D eigenvalue weighted by Gasteiger charge is -2.31. The fourth-order valence-electron chi connectivity index (χ4n) is 2.73. The van der Waals surface area contributed by atoms with Crippen LogP contribution in [0.5, 0.6) is 0 Å². The van der Waals surface area contributed by atoms with Gasteiger partial charge in [-0.05, 0) is 43.4 Å². The zero-order valence-corrected chi connectivity index (χ0v) is 9.26. The van der Waals surface area contributed by atoms with Crippen molar-refractivity contribution in [3.05, 3.63) is 35.4 Å². The third-order valence-corrected chi connectivity index (χ3v) is 3.58. The fraction of sp³-hybridized carbons (Fsp3) is 0.538. The molecule has 0 aromatic heterocycles. The van der Waals surface area contributed by atoms with Gasteiger partial charge in [0.25, 0.3) is 0 Å². The van der Waals surface area contributed by atoms with Crippen LogP contribution in [-0.2, 0) is 0 Å². The Balaban J connectivity index is 2.34. The van der Waals surface area contributed by atoms with Crippen LogP contribution in [0.2, 0.25) is 0 Å². The highest BCUT2D eigenvalue weighted by Gasteiger charge is 2.29. The molecule has 1 aromatic carbocycles. The van der Waals surface area contributed by atoms with Crippen LogP contribution in [-0.4, -0.2) is 6.54 Å². The van der Waals surface area contributed by atoms with Crippen molar-refractivity contribution in [2.24, 2.45) is 11.7 Å². The summed E-state index contributed by atoms with van der Waals surface area (Å²) in [6.45, 7) is 0.512. The van der Waals surface area contributed by atoms with E-state index in [1.165, 1.54) is 18.2 Å². The quantitative estimate of drug-likeness (QED) is 0.821. The number of hydrogen-bond donors (Lipinski definition) is 1. The Hall–Kier alpha value is -0.960. The molecule has 2 N–H and O–H groups in total. The van der Waals surface area contributed by atoms with Crippen molar-refractivity contribution in [3.63, 3.8) is 0 Å². The van der Waals surface area contributed by atoms with Crippen LogP contribution in [0.3, 0.4) is 0 Å². The van der Waals surface area contributed by atoms with Crippen LogP contribution in [0.15, 0.2) is 18.2 Å². The van der Waals surface area contributed by atoms with Gasteiger partial charge in [0.1, 0.15) is 11.6 Å². The molecule has 88 valence electrons. The summed E-state index contributed by atoms with van der Waals surface area (Å²) in [6, 6.07) is 4.08. The van der Waals surface area contributed by atoms with E-state index >= 15 is 0 Å². The average Bonchev–Trinajstić information content (AvgIpc) is 2.29. The Morgan fingerprint density at radius 3 is 2.38 bits per heavy atom. The average molecular weight is 225 g/mol. The number of nitrogens with two attached hydrogens (primary N) is 1. The van der Waals surface area contributed by atoms with E-state index < -0.39 is 11.6 Å². The second-order valence-corrected chi connectivity index (χ2v) is 4.52. The van der Waals surface area contributed by atoms with E-state index in [0.717, 1.165) is 25.7 Å². The van der Waals surface area contributed by atoms with Gasteiger partial charge < -0.3 is 5.73 Å². The van der Waals surface area contributed by atoms with Gasteiger partial charge in [-0.2, -0.15) is 0 Å². The van der Waals surface area contributed by atoms with E-state index in [9.17, 15) is 8.78 Å². The molecule has 1 nitrogen and oxygen atoms in total. The first kappa shape index (κ1) is 11.5. The minimum absolute atomic E-state index is 0.0417. The van der Waals surface area contributed by atoms with E-state index in [1.54, 1.807) is 0 Å². The molecule has 2 atom stereocenters. The first-order valence-electron chi connectivity index (χ1n) is 5.88. The van der Waals surface area contributed by atoms with Gasteiger partial charge >= 0.3 is 0 Å². The molecule has 0 bridgehead atoms. The normalized spacial score (nSPS) is 25.7. The standard InChI is InChI=1S/C13H17F2N/c14-11-6-3-7-12(15)13(11)10-5-2-1-4-9(10)8-16/h3,6-7,9-10H,1-2,4-5,8,16H2. The SMILES string of the molecule is NCC1CCCCC1c1c(F)cccc1F. The van der Waals surface area contributed by atoms with Crippen LogP contribution in [0.4, 0.5) is 8.78 Å². The third kappa shape index (κ3) is 2.09. The zero-order chi connectivity index (χ0) is 11.5. The molecule has 1 aliphatic carbocycles. The lowest BCUT2D eigenvalue weighted by atomic mass is 9.75. The van der Waals surface area contributed by atoms with E-state index in [4.69, 9.17) is 5.73 Å². The molecule has 1 aliphatic rings. The molecule has 1 fully saturated rings. The highest BCUT2D eigenvalue weighted by Crippen LogP contribution is 2.39. The van der Waals surface area contributed by atoms with Crippen molar-refractivity contribution in [2.45, 2.75) is 31.6 Å². The Morgan fingerprint density at radius 1 is 1.12 bits per heavy atom. The first-order valence-corrected chi connectivity index (χ1v) is 5.88.